The number of halogens is 2. The van der Waals surface area contributed by atoms with Gasteiger partial charge in [-0.25, -0.2) is 8.78 Å². The molecular weight excluding hydrogens is 466 g/mol. The van der Waals surface area contributed by atoms with Crippen molar-refractivity contribution >= 4 is 17.5 Å². The highest BCUT2D eigenvalue weighted by Crippen LogP contribution is 2.30. The third kappa shape index (κ3) is 4.26. The van der Waals surface area contributed by atoms with Crippen molar-refractivity contribution in [3.63, 3.8) is 0 Å². The second-order valence-corrected chi connectivity index (χ2v) is 8.26. The van der Waals surface area contributed by atoms with Crippen LogP contribution in [0.4, 0.5) is 14.5 Å². The highest BCUT2D eigenvalue weighted by molar-refractivity contribution is 6.10. The molecule has 2 aromatic heterocycles. The normalized spacial score (nSPS) is 12.7. The Kier molecular flexibility index (Phi) is 6.12. The van der Waals surface area contributed by atoms with Gasteiger partial charge in [-0.3, -0.25) is 19.6 Å². The minimum absolute atomic E-state index is 0.0187. The number of phenolic OH excluding ortho intramolecular Hbond substituents is 1. The number of nitrogens with one attached hydrogen (secondary N) is 1. The number of pyridine rings is 2. The van der Waals surface area contributed by atoms with Gasteiger partial charge in [0.1, 0.15) is 23.1 Å². The molecule has 5 rings (SSSR count). The van der Waals surface area contributed by atoms with Crippen LogP contribution in [0.2, 0.25) is 0 Å². The van der Waals surface area contributed by atoms with E-state index in [4.69, 9.17) is 0 Å². The van der Waals surface area contributed by atoms with Gasteiger partial charge < -0.3 is 15.3 Å². The van der Waals surface area contributed by atoms with Crippen molar-refractivity contribution < 1.29 is 23.5 Å². The Bertz CT molecular complexity index is 1470. The Hall–Kier alpha value is -4.66. The van der Waals surface area contributed by atoms with Crippen LogP contribution in [0.1, 0.15) is 32.0 Å². The average molecular weight is 486 g/mol. The van der Waals surface area contributed by atoms with Crippen LogP contribution in [-0.2, 0) is 13.0 Å². The fourth-order valence-corrected chi connectivity index (χ4v) is 4.34. The summed E-state index contributed by atoms with van der Waals surface area (Å²) in [5, 5.41) is 12.7. The minimum Gasteiger partial charge on any atom is -0.508 e. The molecule has 0 spiro atoms. The zero-order valence-corrected chi connectivity index (χ0v) is 18.9. The van der Waals surface area contributed by atoms with E-state index in [1.807, 2.05) is 6.07 Å². The number of fused-ring (bicyclic) bond motifs is 1. The molecule has 0 unspecified atom stereocenters. The summed E-state index contributed by atoms with van der Waals surface area (Å²) < 4.78 is 28.9. The third-order valence-electron chi connectivity index (χ3n) is 6.08. The maximum atomic E-state index is 14.4. The number of hydrogen-bond acceptors (Lipinski definition) is 5. The molecule has 7 nitrogen and oxygen atoms in total. The number of amides is 2. The molecule has 0 bridgehead atoms. The number of carbonyl (C=O) groups excluding carboxylic acids is 2. The minimum atomic E-state index is -0.828. The quantitative estimate of drug-likeness (QED) is 0.440. The van der Waals surface area contributed by atoms with Crippen LogP contribution < -0.4 is 5.32 Å². The first-order valence-corrected chi connectivity index (χ1v) is 11.2. The number of phenols is 1. The molecule has 0 atom stereocenters. The lowest BCUT2D eigenvalue weighted by molar-refractivity contribution is 0.0734. The van der Waals surface area contributed by atoms with Gasteiger partial charge in [0.05, 0.1) is 23.0 Å². The van der Waals surface area contributed by atoms with Crippen LogP contribution in [0.5, 0.6) is 5.75 Å². The van der Waals surface area contributed by atoms with E-state index >= 15 is 0 Å². The maximum absolute atomic E-state index is 14.4. The zero-order valence-electron chi connectivity index (χ0n) is 18.9. The molecule has 4 aromatic rings. The van der Waals surface area contributed by atoms with Crippen molar-refractivity contribution in [2.45, 2.75) is 13.0 Å². The van der Waals surface area contributed by atoms with Crippen molar-refractivity contribution in [3.8, 4) is 16.9 Å². The van der Waals surface area contributed by atoms with Gasteiger partial charge in [-0.15, -0.1) is 0 Å². The summed E-state index contributed by atoms with van der Waals surface area (Å²) in [6, 6.07) is 13.0. The second kappa shape index (κ2) is 9.53. The molecule has 2 N–H and O–H groups in total. The van der Waals surface area contributed by atoms with Crippen LogP contribution in [0, 0.1) is 11.6 Å². The Morgan fingerprint density at radius 3 is 2.56 bits per heavy atom. The molecule has 9 heteroatoms. The molecule has 0 radical (unpaired) electrons. The number of anilines is 1. The number of benzene rings is 2. The molecule has 1 aliphatic heterocycles. The maximum Gasteiger partial charge on any atom is 0.274 e. The Labute approximate surface area is 205 Å². The molecule has 3 heterocycles. The number of aromatic hydroxyl groups is 1. The SMILES string of the molecule is O=C(Nc1cnccc1C(=O)N1CCc2c(O)cccc2C1)c1ncccc1-c1c(F)cccc1F. The van der Waals surface area contributed by atoms with Gasteiger partial charge in [0, 0.05) is 36.6 Å². The molecular formula is C27H20F2N4O3. The van der Waals surface area contributed by atoms with Gasteiger partial charge in [0.2, 0.25) is 0 Å². The van der Waals surface area contributed by atoms with E-state index in [9.17, 15) is 23.5 Å². The van der Waals surface area contributed by atoms with E-state index in [-0.39, 0.29) is 39.7 Å². The van der Waals surface area contributed by atoms with E-state index in [0.717, 1.165) is 23.3 Å². The van der Waals surface area contributed by atoms with Crippen molar-refractivity contribution in [1.29, 1.82) is 0 Å². The van der Waals surface area contributed by atoms with Crippen LogP contribution in [0.25, 0.3) is 11.1 Å². The molecule has 0 saturated heterocycles. The number of aromatic nitrogens is 2. The van der Waals surface area contributed by atoms with Gasteiger partial charge in [-0.05, 0) is 42.3 Å². The summed E-state index contributed by atoms with van der Waals surface area (Å²) >= 11 is 0. The number of hydrogen-bond donors (Lipinski definition) is 2. The zero-order chi connectivity index (χ0) is 25.2. The fraction of sp³-hybridized carbons (Fsp3) is 0.111. The molecule has 1 aliphatic rings. The highest BCUT2D eigenvalue weighted by Gasteiger charge is 2.26. The summed E-state index contributed by atoms with van der Waals surface area (Å²) in [6.07, 6.45) is 4.60. The van der Waals surface area contributed by atoms with Crippen molar-refractivity contribution in [1.82, 2.24) is 14.9 Å². The monoisotopic (exact) mass is 486 g/mol. The molecule has 180 valence electrons. The largest absolute Gasteiger partial charge is 0.508 e. The summed E-state index contributed by atoms with van der Waals surface area (Å²) in [5.41, 5.74) is 1.41. The van der Waals surface area contributed by atoms with Crippen LogP contribution >= 0.6 is 0 Å². The number of carbonyl (C=O) groups is 2. The standard InChI is InChI=1S/C27H20F2N4O3/c28-20-6-2-7-21(29)24(20)19-5-3-11-31-25(19)26(35)32-22-14-30-12-9-18(22)27(36)33-13-10-17-16(15-33)4-1-8-23(17)34/h1-9,11-12,14,34H,10,13,15H2,(H,32,35). The van der Waals surface area contributed by atoms with E-state index < -0.39 is 17.5 Å². The third-order valence-corrected chi connectivity index (χ3v) is 6.08. The molecule has 2 amide bonds. The van der Waals surface area contributed by atoms with Gasteiger partial charge in [0.25, 0.3) is 11.8 Å². The predicted molar refractivity (Wildman–Crippen MR) is 128 cm³/mol. The van der Waals surface area contributed by atoms with Crippen molar-refractivity contribution in [2.75, 3.05) is 11.9 Å². The smallest absolute Gasteiger partial charge is 0.274 e. The van der Waals surface area contributed by atoms with Gasteiger partial charge in [0.15, 0.2) is 0 Å². The first kappa shape index (κ1) is 23.1. The number of rotatable bonds is 4. The van der Waals surface area contributed by atoms with E-state index in [0.29, 0.717) is 19.5 Å². The van der Waals surface area contributed by atoms with Crippen molar-refractivity contribution in [3.05, 3.63) is 107 Å². The van der Waals surface area contributed by atoms with E-state index in [1.54, 1.807) is 17.0 Å². The lowest BCUT2D eigenvalue weighted by Gasteiger charge is -2.29. The summed E-state index contributed by atoms with van der Waals surface area (Å²) in [5.74, 6) is -2.53. The summed E-state index contributed by atoms with van der Waals surface area (Å²) in [7, 11) is 0. The van der Waals surface area contributed by atoms with Gasteiger partial charge in [-0.1, -0.05) is 24.3 Å². The first-order chi connectivity index (χ1) is 17.4. The van der Waals surface area contributed by atoms with Crippen molar-refractivity contribution in [2.24, 2.45) is 0 Å². The molecule has 0 fully saturated rings. The topological polar surface area (TPSA) is 95.4 Å². The summed E-state index contributed by atoms with van der Waals surface area (Å²) in [4.78, 5) is 36.2. The Morgan fingerprint density at radius 1 is 0.972 bits per heavy atom. The summed E-state index contributed by atoms with van der Waals surface area (Å²) in [6.45, 7) is 0.686. The predicted octanol–water partition coefficient (Wildman–Crippen LogP) is 4.58. The number of nitrogens with zero attached hydrogens (tertiary/aromatic N) is 3. The van der Waals surface area contributed by atoms with Crippen LogP contribution in [0.15, 0.2) is 73.2 Å². The molecule has 0 aliphatic carbocycles. The fourth-order valence-electron chi connectivity index (χ4n) is 4.34. The highest BCUT2D eigenvalue weighted by atomic mass is 19.1. The lowest BCUT2D eigenvalue weighted by Crippen LogP contribution is -2.36. The first-order valence-electron chi connectivity index (χ1n) is 11.2. The van der Waals surface area contributed by atoms with E-state index in [2.05, 4.69) is 15.3 Å². The van der Waals surface area contributed by atoms with Crippen LogP contribution in [-0.4, -0.2) is 38.3 Å². The Balaban J connectivity index is 1.43. The Morgan fingerprint density at radius 2 is 1.75 bits per heavy atom. The second-order valence-electron chi connectivity index (χ2n) is 8.26. The van der Waals surface area contributed by atoms with Gasteiger partial charge in [-0.2, -0.15) is 0 Å². The molecule has 36 heavy (non-hydrogen) atoms. The molecule has 0 saturated carbocycles. The van der Waals surface area contributed by atoms with Crippen LogP contribution in [0.3, 0.4) is 0 Å². The lowest BCUT2D eigenvalue weighted by atomic mass is 9.98. The average Bonchev–Trinajstić information content (AvgIpc) is 2.89. The van der Waals surface area contributed by atoms with E-state index in [1.165, 1.54) is 42.9 Å². The van der Waals surface area contributed by atoms with Gasteiger partial charge >= 0.3 is 0 Å². The molecule has 2 aromatic carbocycles.